The highest BCUT2D eigenvalue weighted by Crippen LogP contribution is 2.10. The second-order valence-electron chi connectivity index (χ2n) is 2.91. The van der Waals surface area contributed by atoms with Crippen molar-refractivity contribution in [2.24, 2.45) is 0 Å². The van der Waals surface area contributed by atoms with E-state index in [0.29, 0.717) is 18.9 Å². The molecule has 1 heterocycles. The van der Waals surface area contributed by atoms with Crippen LogP contribution in [-0.2, 0) is 4.74 Å². The Morgan fingerprint density at radius 1 is 1.60 bits per heavy atom. The van der Waals surface area contributed by atoms with Crippen molar-refractivity contribution >= 4 is 11.6 Å². The van der Waals surface area contributed by atoms with Gasteiger partial charge in [-0.05, 0) is 6.92 Å². The van der Waals surface area contributed by atoms with Gasteiger partial charge in [-0.25, -0.2) is 4.79 Å². The van der Waals surface area contributed by atoms with Crippen LogP contribution in [0.5, 0.6) is 0 Å². The molecule has 6 heteroatoms. The van der Waals surface area contributed by atoms with Crippen molar-refractivity contribution in [3.8, 4) is 0 Å². The summed E-state index contributed by atoms with van der Waals surface area (Å²) < 4.78 is 6.67. The molecule has 0 bridgehead atoms. The maximum atomic E-state index is 11.4. The van der Waals surface area contributed by atoms with E-state index in [1.54, 1.807) is 0 Å². The number of H-pyrrole nitrogens is 1. The van der Waals surface area contributed by atoms with Crippen molar-refractivity contribution in [1.29, 1.82) is 0 Å². The van der Waals surface area contributed by atoms with Gasteiger partial charge in [0.2, 0.25) is 0 Å². The van der Waals surface area contributed by atoms with E-state index in [9.17, 15) is 9.59 Å². The summed E-state index contributed by atoms with van der Waals surface area (Å²) in [7, 11) is 0. The van der Waals surface area contributed by atoms with Crippen molar-refractivity contribution in [3.05, 3.63) is 33.1 Å². The quantitative estimate of drug-likeness (QED) is 0.761. The van der Waals surface area contributed by atoms with Crippen LogP contribution in [0.15, 0.2) is 21.9 Å². The molecular formula is C9H13ClN2O3. The summed E-state index contributed by atoms with van der Waals surface area (Å²) in [4.78, 5) is 24.4. The van der Waals surface area contributed by atoms with Gasteiger partial charge in [-0.15, -0.1) is 11.6 Å². The van der Waals surface area contributed by atoms with Gasteiger partial charge in [-0.2, -0.15) is 0 Å². The minimum atomic E-state index is -0.480. The third-order valence-electron chi connectivity index (χ3n) is 1.88. The maximum absolute atomic E-state index is 11.4. The Labute approximate surface area is 91.6 Å². The molecule has 0 saturated heterocycles. The number of alkyl halides is 1. The first kappa shape index (κ1) is 12.0. The third kappa shape index (κ3) is 3.21. The molecule has 0 aliphatic carbocycles. The topological polar surface area (TPSA) is 64.1 Å². The van der Waals surface area contributed by atoms with Gasteiger partial charge in [0.25, 0.3) is 5.56 Å². The Balaban J connectivity index is 3.00. The van der Waals surface area contributed by atoms with Crippen LogP contribution < -0.4 is 11.2 Å². The summed E-state index contributed by atoms with van der Waals surface area (Å²) >= 11 is 5.60. The molecule has 0 radical (unpaired) electrons. The van der Waals surface area contributed by atoms with E-state index in [2.05, 4.69) is 4.98 Å². The maximum Gasteiger partial charge on any atom is 0.330 e. The third-order valence-corrected chi connectivity index (χ3v) is 2.09. The van der Waals surface area contributed by atoms with Gasteiger partial charge in [0, 0.05) is 31.2 Å². The summed E-state index contributed by atoms with van der Waals surface area (Å²) in [5, 5.41) is 0. The van der Waals surface area contributed by atoms with E-state index in [1.165, 1.54) is 16.8 Å². The first-order valence-electron chi connectivity index (χ1n) is 4.68. The van der Waals surface area contributed by atoms with Crippen molar-refractivity contribution in [3.63, 3.8) is 0 Å². The zero-order valence-electron chi connectivity index (χ0n) is 8.40. The molecule has 0 amide bonds. The molecule has 5 nitrogen and oxygen atoms in total. The fourth-order valence-corrected chi connectivity index (χ4v) is 1.43. The fraction of sp³-hybridized carbons (Fsp3) is 0.556. The van der Waals surface area contributed by atoms with Gasteiger partial charge in [-0.3, -0.25) is 14.3 Å². The molecule has 0 aromatic carbocycles. The molecule has 15 heavy (non-hydrogen) atoms. The zero-order chi connectivity index (χ0) is 11.3. The highest BCUT2D eigenvalue weighted by molar-refractivity contribution is 6.17. The Morgan fingerprint density at radius 2 is 2.33 bits per heavy atom. The lowest BCUT2D eigenvalue weighted by Gasteiger charge is -2.17. The predicted octanol–water partition coefficient (Wildman–Crippen LogP) is 0.701. The van der Waals surface area contributed by atoms with E-state index in [0.717, 1.165) is 0 Å². The average Bonchev–Trinajstić information content (AvgIpc) is 2.17. The summed E-state index contributed by atoms with van der Waals surface area (Å²) in [5.74, 6) is 0.385. The number of hydrogen-bond acceptors (Lipinski definition) is 3. The molecule has 1 N–H and O–H groups in total. The van der Waals surface area contributed by atoms with Crippen molar-refractivity contribution in [1.82, 2.24) is 9.55 Å². The number of hydrogen-bond donors (Lipinski definition) is 1. The number of ether oxygens (including phenoxy) is 1. The number of rotatable bonds is 5. The minimum absolute atomic E-state index is 0.385. The minimum Gasteiger partial charge on any atom is -0.358 e. The molecule has 1 aromatic rings. The van der Waals surface area contributed by atoms with E-state index >= 15 is 0 Å². The number of aromatic amines is 1. The molecule has 0 aliphatic heterocycles. The zero-order valence-corrected chi connectivity index (χ0v) is 9.16. The lowest BCUT2D eigenvalue weighted by Crippen LogP contribution is -2.32. The van der Waals surface area contributed by atoms with Crippen LogP contribution in [0.4, 0.5) is 0 Å². The van der Waals surface area contributed by atoms with Gasteiger partial charge in [0.1, 0.15) is 6.23 Å². The molecule has 1 rings (SSSR count). The largest absolute Gasteiger partial charge is 0.358 e. The number of halogens is 1. The summed E-state index contributed by atoms with van der Waals surface area (Å²) in [6, 6.07) is 1.28. The van der Waals surface area contributed by atoms with Crippen molar-refractivity contribution < 1.29 is 4.74 Å². The van der Waals surface area contributed by atoms with Crippen molar-refractivity contribution in [2.45, 2.75) is 19.6 Å². The van der Waals surface area contributed by atoms with Crippen LogP contribution in [0.25, 0.3) is 0 Å². The van der Waals surface area contributed by atoms with E-state index < -0.39 is 17.5 Å². The lowest BCUT2D eigenvalue weighted by molar-refractivity contribution is 0.00483. The Morgan fingerprint density at radius 3 is 2.87 bits per heavy atom. The molecule has 0 saturated carbocycles. The molecule has 1 aromatic heterocycles. The van der Waals surface area contributed by atoms with Crippen molar-refractivity contribution in [2.75, 3.05) is 12.5 Å². The SMILES string of the molecule is CCOC(CCCl)n1ccc(=O)[nH]c1=O. The van der Waals surface area contributed by atoms with Gasteiger partial charge < -0.3 is 4.74 Å². The number of aromatic nitrogens is 2. The van der Waals surface area contributed by atoms with E-state index in [4.69, 9.17) is 16.3 Å². The normalized spacial score (nSPS) is 12.7. The lowest BCUT2D eigenvalue weighted by atomic mass is 10.4. The van der Waals surface area contributed by atoms with Crippen LogP contribution in [0.2, 0.25) is 0 Å². The van der Waals surface area contributed by atoms with Gasteiger partial charge in [-0.1, -0.05) is 0 Å². The Bertz CT molecular complexity index is 406. The molecular weight excluding hydrogens is 220 g/mol. The summed E-state index contributed by atoms with van der Waals surface area (Å²) in [6.45, 7) is 2.31. The summed E-state index contributed by atoms with van der Waals surface area (Å²) in [5.41, 5.74) is -0.900. The van der Waals surface area contributed by atoms with Gasteiger partial charge >= 0.3 is 5.69 Å². The first-order chi connectivity index (χ1) is 7.19. The second-order valence-corrected chi connectivity index (χ2v) is 3.28. The van der Waals surface area contributed by atoms with Crippen LogP contribution in [0.3, 0.4) is 0 Å². The first-order valence-corrected chi connectivity index (χ1v) is 5.21. The Kier molecular flexibility index (Phi) is 4.58. The van der Waals surface area contributed by atoms with Crippen LogP contribution in [-0.4, -0.2) is 22.0 Å². The van der Waals surface area contributed by atoms with Gasteiger partial charge in [0.15, 0.2) is 0 Å². The predicted molar refractivity (Wildman–Crippen MR) is 57.3 cm³/mol. The van der Waals surface area contributed by atoms with E-state index in [-0.39, 0.29) is 0 Å². The molecule has 0 aliphatic rings. The number of nitrogens with one attached hydrogen (secondary N) is 1. The molecule has 0 spiro atoms. The highest BCUT2D eigenvalue weighted by Gasteiger charge is 2.11. The summed E-state index contributed by atoms with van der Waals surface area (Å²) in [6.07, 6.45) is 1.51. The van der Waals surface area contributed by atoms with Crippen LogP contribution in [0, 0.1) is 0 Å². The highest BCUT2D eigenvalue weighted by atomic mass is 35.5. The molecule has 0 fully saturated rings. The number of nitrogens with zero attached hydrogens (tertiary/aromatic N) is 1. The van der Waals surface area contributed by atoms with Gasteiger partial charge in [0.05, 0.1) is 0 Å². The standard InChI is InChI=1S/C9H13ClN2O3/c1-2-15-8(3-5-10)12-6-4-7(13)11-9(12)14/h4,6,8H,2-3,5H2,1H3,(H,11,13,14). The smallest absolute Gasteiger partial charge is 0.330 e. The molecule has 1 unspecified atom stereocenters. The fourth-order valence-electron chi connectivity index (χ4n) is 1.24. The monoisotopic (exact) mass is 232 g/mol. The average molecular weight is 233 g/mol. The molecule has 1 atom stereocenters. The van der Waals surface area contributed by atoms with Crippen LogP contribution >= 0.6 is 11.6 Å². The second kappa shape index (κ2) is 5.72. The van der Waals surface area contributed by atoms with E-state index in [1.807, 2.05) is 6.92 Å². The van der Waals surface area contributed by atoms with Crippen LogP contribution in [0.1, 0.15) is 19.6 Å². The Hall–Kier alpha value is -1.07. The molecule has 84 valence electrons.